The minimum absolute atomic E-state index is 0.127. The van der Waals surface area contributed by atoms with Gasteiger partial charge in [-0.1, -0.05) is 24.8 Å². The van der Waals surface area contributed by atoms with Crippen molar-refractivity contribution < 1.29 is 18.7 Å². The number of esters is 1. The van der Waals surface area contributed by atoms with E-state index in [1.54, 1.807) is 18.2 Å². The maximum atomic E-state index is 15.3. The maximum absolute atomic E-state index is 15.3. The van der Waals surface area contributed by atoms with Crippen molar-refractivity contribution in [2.45, 2.75) is 24.9 Å². The Labute approximate surface area is 141 Å². The lowest BCUT2D eigenvalue weighted by atomic mass is 10.0. The molecule has 3 rings (SSSR count). The molecule has 0 aliphatic carbocycles. The van der Waals surface area contributed by atoms with Gasteiger partial charge in [0.05, 0.1) is 5.56 Å². The molecular weight excluding hydrogens is 331 g/mol. The Hall–Kier alpha value is -3.16. The summed E-state index contributed by atoms with van der Waals surface area (Å²) >= 11 is 0. The van der Waals surface area contributed by atoms with Crippen molar-refractivity contribution in [3.05, 3.63) is 81.3 Å². The number of carbonyl (C=O) groups excluding carboxylic acids is 1. The Morgan fingerprint density at radius 2 is 2.00 bits per heavy atom. The molecule has 1 aromatic heterocycles. The lowest BCUT2D eigenvalue weighted by Gasteiger charge is -2.25. The lowest BCUT2D eigenvalue weighted by molar-refractivity contribution is -0.0448. The molecule has 8 heteroatoms. The molecule has 1 fully saturated rings. The molecule has 0 amide bonds. The van der Waals surface area contributed by atoms with Gasteiger partial charge in [-0.05, 0) is 19.1 Å². The highest BCUT2D eigenvalue weighted by Gasteiger charge is 2.56. The zero-order valence-corrected chi connectivity index (χ0v) is 13.3. The summed E-state index contributed by atoms with van der Waals surface area (Å²) in [6.07, 6.45) is -1.74. The normalized spacial score (nSPS) is 25.4. The van der Waals surface area contributed by atoms with Gasteiger partial charge in [0, 0.05) is 12.3 Å². The van der Waals surface area contributed by atoms with Gasteiger partial charge < -0.3 is 9.47 Å². The van der Waals surface area contributed by atoms with Crippen molar-refractivity contribution in [1.82, 2.24) is 9.55 Å². The average molecular weight is 346 g/mol. The topological polar surface area (TPSA) is 90.4 Å². The zero-order valence-electron chi connectivity index (χ0n) is 13.3. The van der Waals surface area contributed by atoms with Crippen LogP contribution in [0.25, 0.3) is 0 Å². The van der Waals surface area contributed by atoms with Crippen molar-refractivity contribution in [2.24, 2.45) is 0 Å². The van der Waals surface area contributed by atoms with Gasteiger partial charge in [0.15, 0.2) is 6.10 Å². The van der Waals surface area contributed by atoms with Gasteiger partial charge in [0.2, 0.25) is 11.9 Å². The lowest BCUT2D eigenvalue weighted by Crippen LogP contribution is -2.43. The van der Waals surface area contributed by atoms with Gasteiger partial charge in [-0.15, -0.1) is 0 Å². The van der Waals surface area contributed by atoms with Crippen LogP contribution < -0.4 is 11.2 Å². The number of aromatic nitrogens is 2. The minimum atomic E-state index is -2.27. The van der Waals surface area contributed by atoms with E-state index in [-0.39, 0.29) is 11.3 Å². The minimum Gasteiger partial charge on any atom is -0.467 e. The first-order chi connectivity index (χ1) is 11.8. The molecule has 1 N–H and O–H groups in total. The highest BCUT2D eigenvalue weighted by atomic mass is 19.1. The largest absolute Gasteiger partial charge is 0.467 e. The van der Waals surface area contributed by atoms with E-state index in [4.69, 9.17) is 9.47 Å². The Kier molecular flexibility index (Phi) is 4.03. The van der Waals surface area contributed by atoms with Crippen LogP contribution in [0, 0.1) is 0 Å². The van der Waals surface area contributed by atoms with Crippen molar-refractivity contribution >= 4 is 5.97 Å². The van der Waals surface area contributed by atoms with Gasteiger partial charge in [-0.3, -0.25) is 14.3 Å². The summed E-state index contributed by atoms with van der Waals surface area (Å²) in [6.45, 7) is 4.71. The quantitative estimate of drug-likeness (QED) is 0.851. The third kappa shape index (κ3) is 2.98. The molecule has 7 nitrogen and oxygen atoms in total. The molecule has 0 bridgehead atoms. The van der Waals surface area contributed by atoms with Crippen LogP contribution in [0.2, 0.25) is 0 Å². The van der Waals surface area contributed by atoms with Crippen molar-refractivity contribution in [2.75, 3.05) is 0 Å². The number of ether oxygens (including phenoxy) is 2. The van der Waals surface area contributed by atoms with Gasteiger partial charge in [-0.25, -0.2) is 14.0 Å². The predicted molar refractivity (Wildman–Crippen MR) is 85.7 cm³/mol. The fourth-order valence-electron chi connectivity index (χ4n) is 2.64. The number of nitrogens with zero attached hydrogens (tertiary/aromatic N) is 1. The van der Waals surface area contributed by atoms with Gasteiger partial charge >= 0.3 is 11.7 Å². The summed E-state index contributed by atoms with van der Waals surface area (Å²) < 4.78 is 26.7. The molecule has 1 saturated heterocycles. The molecule has 2 aromatic rings. The van der Waals surface area contributed by atoms with Crippen molar-refractivity contribution in [1.29, 1.82) is 0 Å². The second-order valence-electron chi connectivity index (χ2n) is 5.76. The summed E-state index contributed by atoms with van der Waals surface area (Å²) in [5.74, 6) is -0.869. The fourth-order valence-corrected chi connectivity index (χ4v) is 2.64. The molecule has 25 heavy (non-hydrogen) atoms. The average Bonchev–Trinajstić information content (AvgIpc) is 2.79. The third-order valence-electron chi connectivity index (χ3n) is 3.89. The van der Waals surface area contributed by atoms with Crippen molar-refractivity contribution in [3.63, 3.8) is 0 Å². The molecule has 0 radical (unpaired) electrons. The maximum Gasteiger partial charge on any atom is 0.338 e. The van der Waals surface area contributed by atoms with Crippen LogP contribution in [0.5, 0.6) is 0 Å². The predicted octanol–water partition coefficient (Wildman–Crippen LogP) is 1.53. The molecule has 3 atom stereocenters. The van der Waals surface area contributed by atoms with E-state index >= 15 is 4.39 Å². The number of alkyl halides is 1. The SMILES string of the molecule is C=C1OC(n2ccc(=O)[nH]c2=O)[C@](C)(F)[C@@H]1OC(=O)c1ccccc1. The third-order valence-corrected chi connectivity index (χ3v) is 3.89. The van der Waals surface area contributed by atoms with Crippen LogP contribution >= 0.6 is 0 Å². The first kappa shape index (κ1) is 16.7. The number of nitrogens with one attached hydrogen (secondary N) is 1. The van der Waals surface area contributed by atoms with Crippen LogP contribution in [0.3, 0.4) is 0 Å². The molecule has 2 heterocycles. The number of H-pyrrole nitrogens is 1. The Balaban J connectivity index is 1.89. The smallest absolute Gasteiger partial charge is 0.338 e. The molecule has 1 unspecified atom stereocenters. The highest BCUT2D eigenvalue weighted by molar-refractivity contribution is 5.89. The van der Waals surface area contributed by atoms with Gasteiger partial charge in [-0.2, -0.15) is 0 Å². The number of rotatable bonds is 3. The number of hydrogen-bond acceptors (Lipinski definition) is 5. The molecular formula is C17H15FN2O5. The summed E-state index contributed by atoms with van der Waals surface area (Å²) in [7, 11) is 0. The van der Waals surface area contributed by atoms with Crippen LogP contribution in [-0.4, -0.2) is 27.3 Å². The number of aromatic amines is 1. The summed E-state index contributed by atoms with van der Waals surface area (Å²) in [5.41, 5.74) is -3.49. The van der Waals surface area contributed by atoms with E-state index in [9.17, 15) is 14.4 Å². The highest BCUT2D eigenvalue weighted by Crippen LogP contribution is 2.43. The van der Waals surface area contributed by atoms with E-state index in [1.165, 1.54) is 12.1 Å². The molecule has 1 aliphatic rings. The van der Waals surface area contributed by atoms with E-state index < -0.39 is 35.2 Å². The monoisotopic (exact) mass is 346 g/mol. The number of benzene rings is 1. The Morgan fingerprint density at radius 3 is 2.64 bits per heavy atom. The van der Waals surface area contributed by atoms with E-state index in [0.29, 0.717) is 0 Å². The molecule has 130 valence electrons. The number of halogens is 1. The second-order valence-corrected chi connectivity index (χ2v) is 5.76. The summed E-state index contributed by atoms with van der Waals surface area (Å²) in [4.78, 5) is 37.3. The number of carbonyl (C=O) groups is 1. The van der Waals surface area contributed by atoms with Crippen LogP contribution in [0.15, 0.2) is 64.5 Å². The second kappa shape index (κ2) is 6.04. The van der Waals surface area contributed by atoms with E-state index in [1.807, 2.05) is 4.98 Å². The van der Waals surface area contributed by atoms with Crippen LogP contribution in [-0.2, 0) is 9.47 Å². The first-order valence-corrected chi connectivity index (χ1v) is 7.42. The van der Waals surface area contributed by atoms with Crippen LogP contribution in [0.1, 0.15) is 23.5 Å². The molecule has 1 aromatic carbocycles. The first-order valence-electron chi connectivity index (χ1n) is 7.42. The van der Waals surface area contributed by atoms with Gasteiger partial charge in [0.25, 0.3) is 5.56 Å². The van der Waals surface area contributed by atoms with Gasteiger partial charge in [0.1, 0.15) is 5.76 Å². The Bertz CT molecular complexity index is 932. The van der Waals surface area contributed by atoms with Crippen molar-refractivity contribution in [3.8, 4) is 0 Å². The summed E-state index contributed by atoms with van der Waals surface area (Å²) in [5, 5.41) is 0. The Morgan fingerprint density at radius 1 is 1.32 bits per heavy atom. The molecule has 1 aliphatic heterocycles. The zero-order chi connectivity index (χ0) is 18.2. The molecule has 0 saturated carbocycles. The van der Waals surface area contributed by atoms with Crippen LogP contribution in [0.4, 0.5) is 4.39 Å². The van der Waals surface area contributed by atoms with E-state index in [2.05, 4.69) is 6.58 Å². The standard InChI is InChI=1S/C17H15FN2O5/c1-10-13(25-14(22)11-6-4-3-5-7-11)17(2,18)15(24-10)20-9-8-12(21)19-16(20)23/h3-9,13,15H,1H2,2H3,(H,19,21,23)/t13-,15?,17-/m1/s1. The summed E-state index contributed by atoms with van der Waals surface area (Å²) in [6, 6.07) is 9.14. The van der Waals surface area contributed by atoms with E-state index in [0.717, 1.165) is 23.8 Å². The fraction of sp³-hybridized carbons (Fsp3) is 0.235. The number of hydrogen-bond donors (Lipinski definition) is 1. The molecule has 0 spiro atoms.